The number of rotatable bonds is 1. The van der Waals surface area contributed by atoms with Crippen molar-refractivity contribution in [3.05, 3.63) is 9.15 Å². The van der Waals surface area contributed by atoms with Gasteiger partial charge in [0, 0.05) is 3.58 Å². The fourth-order valence-electron chi connectivity index (χ4n) is 2.54. The highest BCUT2D eigenvalue weighted by Crippen LogP contribution is 2.66. The van der Waals surface area contributed by atoms with Crippen LogP contribution in [0.3, 0.4) is 0 Å². The molecule has 2 atom stereocenters. The molecule has 2 unspecified atom stereocenters. The Kier molecular flexibility index (Phi) is 1.94. The Morgan fingerprint density at radius 1 is 1.42 bits per heavy atom. The summed E-state index contributed by atoms with van der Waals surface area (Å²) in [5.74, 6) is 1.40. The molecule has 0 heterocycles. The lowest BCUT2D eigenvalue weighted by Crippen LogP contribution is -2.00. The standard InChI is InChI=1S/C10H15IO/c1-6-4-5-7-8(9(6)11-12)10(7,2)3/h6-7H,4-5H2,1-3H3. The second-order valence-electron chi connectivity index (χ2n) is 4.59. The third-order valence-electron chi connectivity index (χ3n) is 3.49. The van der Waals surface area contributed by atoms with Gasteiger partial charge in [0.15, 0.2) is 21.2 Å². The molecule has 12 heavy (non-hydrogen) atoms. The molecular formula is C10H15IO. The Balaban J connectivity index is 2.41. The largest absolute Gasteiger partial charge is 0.265 e. The summed E-state index contributed by atoms with van der Waals surface area (Å²) in [4.78, 5) is 0. The van der Waals surface area contributed by atoms with Crippen molar-refractivity contribution >= 4 is 21.2 Å². The van der Waals surface area contributed by atoms with Crippen molar-refractivity contribution in [3.63, 3.8) is 0 Å². The molecule has 0 radical (unpaired) electrons. The average molecular weight is 278 g/mol. The summed E-state index contributed by atoms with van der Waals surface area (Å²) in [6.45, 7) is 6.82. The molecule has 0 aromatic heterocycles. The highest BCUT2D eigenvalue weighted by atomic mass is 127. The van der Waals surface area contributed by atoms with Crippen LogP contribution in [-0.4, -0.2) is 0 Å². The molecule has 1 fully saturated rings. The molecule has 0 bridgehead atoms. The van der Waals surface area contributed by atoms with E-state index in [2.05, 4.69) is 20.8 Å². The van der Waals surface area contributed by atoms with Gasteiger partial charge in [0.25, 0.3) is 0 Å². The number of fused-ring (bicyclic) bond motifs is 1. The SMILES string of the molecule is CC1CCC2C(=C1I=O)C2(C)C. The van der Waals surface area contributed by atoms with Gasteiger partial charge in [-0.3, -0.25) is 3.07 Å². The van der Waals surface area contributed by atoms with Gasteiger partial charge in [-0.25, -0.2) is 0 Å². The quantitative estimate of drug-likeness (QED) is 0.669. The second-order valence-corrected chi connectivity index (χ2v) is 6.19. The van der Waals surface area contributed by atoms with Crippen LogP contribution >= 0.6 is 21.2 Å². The van der Waals surface area contributed by atoms with Gasteiger partial charge in [0.2, 0.25) is 0 Å². The molecule has 0 spiro atoms. The van der Waals surface area contributed by atoms with Crippen LogP contribution in [0.4, 0.5) is 0 Å². The first-order valence-electron chi connectivity index (χ1n) is 4.60. The van der Waals surface area contributed by atoms with Crippen molar-refractivity contribution < 1.29 is 3.07 Å². The van der Waals surface area contributed by atoms with Crippen molar-refractivity contribution in [1.82, 2.24) is 0 Å². The first-order valence-corrected chi connectivity index (χ1v) is 6.56. The molecule has 2 aliphatic carbocycles. The molecule has 2 rings (SSSR count). The van der Waals surface area contributed by atoms with Gasteiger partial charge in [-0.15, -0.1) is 0 Å². The summed E-state index contributed by atoms with van der Waals surface area (Å²) in [6, 6.07) is 0. The Morgan fingerprint density at radius 2 is 2.08 bits per heavy atom. The van der Waals surface area contributed by atoms with Crippen LogP contribution in [0.25, 0.3) is 0 Å². The molecule has 0 aliphatic heterocycles. The maximum atomic E-state index is 11.1. The maximum absolute atomic E-state index is 11.1. The van der Waals surface area contributed by atoms with Crippen molar-refractivity contribution in [2.24, 2.45) is 17.3 Å². The summed E-state index contributed by atoms with van der Waals surface area (Å²) in [7, 11) is 0. The topological polar surface area (TPSA) is 17.1 Å². The Labute approximate surface area is 84.3 Å². The first-order chi connectivity index (χ1) is 5.59. The van der Waals surface area contributed by atoms with E-state index in [0.717, 1.165) is 5.92 Å². The van der Waals surface area contributed by atoms with Crippen molar-refractivity contribution in [1.29, 1.82) is 0 Å². The van der Waals surface area contributed by atoms with Gasteiger partial charge >= 0.3 is 0 Å². The fourth-order valence-corrected chi connectivity index (χ4v) is 4.60. The van der Waals surface area contributed by atoms with Crippen LogP contribution in [0, 0.1) is 17.3 Å². The van der Waals surface area contributed by atoms with E-state index < -0.39 is 21.2 Å². The molecule has 0 N–H and O–H groups in total. The van der Waals surface area contributed by atoms with Crippen LogP contribution in [0.15, 0.2) is 9.15 Å². The fraction of sp³-hybridized carbons (Fsp3) is 0.800. The molecule has 0 aromatic rings. The number of hydrogen-bond acceptors (Lipinski definition) is 1. The molecule has 2 aliphatic rings. The molecular weight excluding hydrogens is 263 g/mol. The van der Waals surface area contributed by atoms with E-state index in [1.165, 1.54) is 16.4 Å². The van der Waals surface area contributed by atoms with Crippen molar-refractivity contribution in [3.8, 4) is 0 Å². The van der Waals surface area contributed by atoms with E-state index in [1.807, 2.05) is 0 Å². The molecule has 0 amide bonds. The van der Waals surface area contributed by atoms with E-state index in [4.69, 9.17) is 0 Å². The highest BCUT2D eigenvalue weighted by molar-refractivity contribution is 14.2. The molecule has 0 aromatic carbocycles. The highest BCUT2D eigenvalue weighted by Gasteiger charge is 2.55. The van der Waals surface area contributed by atoms with Crippen LogP contribution in [0.1, 0.15) is 33.6 Å². The third-order valence-corrected chi connectivity index (χ3v) is 5.61. The smallest absolute Gasteiger partial charge is 0.177 e. The van der Waals surface area contributed by atoms with Gasteiger partial charge in [-0.1, -0.05) is 20.8 Å². The zero-order valence-electron chi connectivity index (χ0n) is 7.86. The molecule has 68 valence electrons. The van der Waals surface area contributed by atoms with E-state index >= 15 is 0 Å². The van der Waals surface area contributed by atoms with Crippen LogP contribution in [-0.2, 0) is 3.07 Å². The van der Waals surface area contributed by atoms with Crippen LogP contribution in [0.2, 0.25) is 0 Å². The third kappa shape index (κ3) is 1.03. The zero-order chi connectivity index (χ0) is 8.93. The normalized spacial score (nSPS) is 37.9. The summed E-state index contributed by atoms with van der Waals surface area (Å²) in [6.07, 6.45) is 2.59. The lowest BCUT2D eigenvalue weighted by molar-refractivity contribution is 0.487. The summed E-state index contributed by atoms with van der Waals surface area (Å²) < 4.78 is 12.4. The minimum absolute atomic E-state index is 0.407. The molecule has 1 nitrogen and oxygen atoms in total. The van der Waals surface area contributed by atoms with Crippen molar-refractivity contribution in [2.45, 2.75) is 33.6 Å². The van der Waals surface area contributed by atoms with Crippen LogP contribution < -0.4 is 0 Å². The Hall–Kier alpha value is 0.270. The minimum atomic E-state index is -0.882. The summed E-state index contributed by atoms with van der Waals surface area (Å²) >= 11 is -0.882. The lowest BCUT2D eigenvalue weighted by Gasteiger charge is -2.13. The molecule has 1 saturated carbocycles. The van der Waals surface area contributed by atoms with E-state index in [1.54, 1.807) is 5.57 Å². The lowest BCUT2D eigenvalue weighted by atomic mass is 9.98. The monoisotopic (exact) mass is 278 g/mol. The Bertz CT molecular complexity index is 265. The molecule has 0 saturated heterocycles. The first kappa shape index (κ1) is 8.85. The summed E-state index contributed by atoms with van der Waals surface area (Å²) in [5, 5.41) is 0. The number of hydrogen-bond donors (Lipinski definition) is 0. The van der Waals surface area contributed by atoms with Crippen molar-refractivity contribution in [2.75, 3.05) is 0 Å². The zero-order valence-corrected chi connectivity index (χ0v) is 10.0. The second kappa shape index (κ2) is 2.63. The van der Waals surface area contributed by atoms with E-state index in [9.17, 15) is 3.07 Å². The van der Waals surface area contributed by atoms with Gasteiger partial charge in [-0.05, 0) is 35.7 Å². The Morgan fingerprint density at radius 3 is 2.58 bits per heavy atom. The predicted molar refractivity (Wildman–Crippen MR) is 57.4 cm³/mol. The summed E-state index contributed by atoms with van der Waals surface area (Å²) in [5.41, 5.74) is 1.97. The average Bonchev–Trinajstić information content (AvgIpc) is 2.55. The van der Waals surface area contributed by atoms with Gasteiger partial charge in [-0.2, -0.15) is 0 Å². The molecule has 2 heteroatoms. The van der Waals surface area contributed by atoms with E-state index in [-0.39, 0.29) is 0 Å². The van der Waals surface area contributed by atoms with Gasteiger partial charge in [0.1, 0.15) is 0 Å². The predicted octanol–water partition coefficient (Wildman–Crippen LogP) is 3.64. The minimum Gasteiger partial charge on any atom is -0.265 e. The number of halogens is 1. The van der Waals surface area contributed by atoms with E-state index in [0.29, 0.717) is 11.3 Å². The van der Waals surface area contributed by atoms with Crippen LogP contribution in [0.5, 0.6) is 0 Å². The van der Waals surface area contributed by atoms with Gasteiger partial charge in [0.05, 0.1) is 0 Å². The van der Waals surface area contributed by atoms with Gasteiger partial charge < -0.3 is 0 Å². The maximum Gasteiger partial charge on any atom is 0.177 e. The number of allylic oxidation sites excluding steroid dienone is 2.